The molecule has 1 atom stereocenters. The smallest absolute Gasteiger partial charge is 0.246 e. The Morgan fingerprint density at radius 1 is 1.19 bits per heavy atom. The largest absolute Gasteiger partial charge is 0.497 e. The van der Waals surface area contributed by atoms with Crippen molar-refractivity contribution in [1.82, 2.24) is 15.1 Å². The Labute approximate surface area is 154 Å². The van der Waals surface area contributed by atoms with E-state index in [0.29, 0.717) is 52.2 Å². The highest BCUT2D eigenvalue weighted by Gasteiger charge is 2.34. The molecule has 2 aliphatic heterocycles. The normalized spacial score (nSPS) is 20.7. The molecule has 2 fully saturated rings. The second-order valence-electron chi connectivity index (χ2n) is 6.59. The lowest BCUT2D eigenvalue weighted by Gasteiger charge is -2.39. The number of rotatable bonds is 5. The minimum atomic E-state index is -0.412. The molecule has 7 nitrogen and oxygen atoms in total. The Morgan fingerprint density at radius 2 is 1.92 bits per heavy atom. The maximum absolute atomic E-state index is 12.8. The van der Waals surface area contributed by atoms with Gasteiger partial charge in [-0.25, -0.2) is 0 Å². The molecule has 0 bridgehead atoms. The molecule has 0 saturated carbocycles. The predicted molar refractivity (Wildman–Crippen MR) is 97.1 cm³/mol. The van der Waals surface area contributed by atoms with E-state index in [9.17, 15) is 9.59 Å². The van der Waals surface area contributed by atoms with Crippen LogP contribution in [0.25, 0.3) is 0 Å². The number of amides is 2. The quantitative estimate of drug-likeness (QED) is 0.816. The minimum absolute atomic E-state index is 0.0262. The highest BCUT2D eigenvalue weighted by molar-refractivity contribution is 5.88. The van der Waals surface area contributed by atoms with Crippen molar-refractivity contribution in [1.29, 1.82) is 0 Å². The summed E-state index contributed by atoms with van der Waals surface area (Å²) in [5.41, 5.74) is 1.09. The molecule has 1 N–H and O–H groups in total. The van der Waals surface area contributed by atoms with Crippen LogP contribution in [0.2, 0.25) is 0 Å². The lowest BCUT2D eigenvalue weighted by molar-refractivity contribution is -0.149. The van der Waals surface area contributed by atoms with E-state index in [-0.39, 0.29) is 11.8 Å². The van der Waals surface area contributed by atoms with Crippen LogP contribution in [0.5, 0.6) is 5.75 Å². The van der Waals surface area contributed by atoms with Crippen LogP contribution < -0.4 is 10.1 Å². The van der Waals surface area contributed by atoms with Gasteiger partial charge >= 0.3 is 0 Å². The van der Waals surface area contributed by atoms with Gasteiger partial charge in [0.05, 0.1) is 20.3 Å². The number of carbonyl (C=O) groups is 2. The van der Waals surface area contributed by atoms with E-state index in [1.54, 1.807) is 12.0 Å². The number of nitrogens with one attached hydrogen (secondary N) is 1. The maximum Gasteiger partial charge on any atom is 0.246 e. The summed E-state index contributed by atoms with van der Waals surface area (Å²) in [5.74, 6) is 0.866. The van der Waals surface area contributed by atoms with Crippen molar-refractivity contribution < 1.29 is 19.1 Å². The standard InChI is InChI=1S/C19H27N3O4/c1-25-16-5-2-15(3-6-16)4-7-18(23)22-9-8-20-14-17(22)19(24)21-10-12-26-13-11-21/h2-3,5-6,17,20H,4,7-14H2,1H3/t17-/m1/s1. The van der Waals surface area contributed by atoms with Crippen LogP contribution in [0.1, 0.15) is 12.0 Å². The highest BCUT2D eigenvalue weighted by atomic mass is 16.5. The van der Waals surface area contributed by atoms with Crippen molar-refractivity contribution in [2.75, 3.05) is 53.0 Å². The molecule has 0 radical (unpaired) electrons. The number of aryl methyl sites for hydroxylation is 1. The second-order valence-corrected chi connectivity index (χ2v) is 6.59. The van der Waals surface area contributed by atoms with Gasteiger partial charge in [0.25, 0.3) is 0 Å². The summed E-state index contributed by atoms with van der Waals surface area (Å²) in [4.78, 5) is 29.2. The van der Waals surface area contributed by atoms with Crippen molar-refractivity contribution in [3.8, 4) is 5.75 Å². The van der Waals surface area contributed by atoms with Gasteiger partial charge < -0.3 is 24.6 Å². The molecular weight excluding hydrogens is 334 g/mol. The third kappa shape index (κ3) is 4.53. The number of carbonyl (C=O) groups excluding carboxylic acids is 2. The number of methoxy groups -OCH3 is 1. The summed E-state index contributed by atoms with van der Waals surface area (Å²) >= 11 is 0. The summed E-state index contributed by atoms with van der Waals surface area (Å²) in [6, 6.07) is 7.33. The summed E-state index contributed by atoms with van der Waals surface area (Å²) in [6.45, 7) is 4.15. The highest BCUT2D eigenvalue weighted by Crippen LogP contribution is 2.15. The Bertz CT molecular complexity index is 614. The number of hydrogen-bond acceptors (Lipinski definition) is 5. The second kappa shape index (κ2) is 9.00. The van der Waals surface area contributed by atoms with E-state index in [4.69, 9.17) is 9.47 Å². The first-order valence-corrected chi connectivity index (χ1v) is 9.18. The monoisotopic (exact) mass is 361 g/mol. The average molecular weight is 361 g/mol. The molecule has 2 aliphatic rings. The Kier molecular flexibility index (Phi) is 6.46. The van der Waals surface area contributed by atoms with Gasteiger partial charge in [-0.2, -0.15) is 0 Å². The fourth-order valence-corrected chi connectivity index (χ4v) is 3.41. The van der Waals surface area contributed by atoms with Gasteiger partial charge in [0, 0.05) is 39.1 Å². The fraction of sp³-hybridized carbons (Fsp3) is 0.579. The van der Waals surface area contributed by atoms with Gasteiger partial charge in [-0.1, -0.05) is 12.1 Å². The first kappa shape index (κ1) is 18.7. The molecule has 1 aromatic rings. The van der Waals surface area contributed by atoms with Crippen molar-refractivity contribution in [2.45, 2.75) is 18.9 Å². The van der Waals surface area contributed by atoms with E-state index in [1.165, 1.54) is 0 Å². The summed E-state index contributed by atoms with van der Waals surface area (Å²) < 4.78 is 10.5. The number of morpholine rings is 1. The Hall–Kier alpha value is -2.12. The molecule has 0 unspecified atom stereocenters. The molecule has 142 valence electrons. The van der Waals surface area contributed by atoms with Crippen LogP contribution in [-0.2, 0) is 20.7 Å². The van der Waals surface area contributed by atoms with Gasteiger partial charge in [-0.15, -0.1) is 0 Å². The fourth-order valence-electron chi connectivity index (χ4n) is 3.41. The molecule has 26 heavy (non-hydrogen) atoms. The van der Waals surface area contributed by atoms with Crippen LogP contribution in [0.3, 0.4) is 0 Å². The van der Waals surface area contributed by atoms with Crippen LogP contribution in [-0.4, -0.2) is 80.7 Å². The van der Waals surface area contributed by atoms with E-state index >= 15 is 0 Å². The number of piperazine rings is 1. The first-order chi connectivity index (χ1) is 12.7. The molecule has 0 aliphatic carbocycles. The van der Waals surface area contributed by atoms with Crippen molar-refractivity contribution >= 4 is 11.8 Å². The zero-order valence-corrected chi connectivity index (χ0v) is 15.3. The van der Waals surface area contributed by atoms with Crippen LogP contribution in [0.15, 0.2) is 24.3 Å². The number of nitrogens with zero attached hydrogens (tertiary/aromatic N) is 2. The van der Waals surface area contributed by atoms with E-state index in [2.05, 4.69) is 5.32 Å². The first-order valence-electron chi connectivity index (χ1n) is 9.18. The third-order valence-electron chi connectivity index (χ3n) is 4.96. The number of hydrogen-bond donors (Lipinski definition) is 1. The van der Waals surface area contributed by atoms with Crippen LogP contribution in [0, 0.1) is 0 Å². The van der Waals surface area contributed by atoms with E-state index < -0.39 is 6.04 Å². The van der Waals surface area contributed by atoms with Crippen molar-refractivity contribution in [2.24, 2.45) is 0 Å². The molecular formula is C19H27N3O4. The molecule has 0 spiro atoms. The SMILES string of the molecule is COc1ccc(CCC(=O)N2CCNC[C@@H]2C(=O)N2CCOCC2)cc1. The molecule has 2 amide bonds. The lowest BCUT2D eigenvalue weighted by atomic mass is 10.1. The van der Waals surface area contributed by atoms with Gasteiger partial charge in [-0.05, 0) is 24.1 Å². The average Bonchev–Trinajstić information content (AvgIpc) is 2.72. The topological polar surface area (TPSA) is 71.1 Å². The van der Waals surface area contributed by atoms with Gasteiger partial charge in [0.1, 0.15) is 11.8 Å². The molecule has 7 heteroatoms. The molecule has 1 aromatic carbocycles. The van der Waals surface area contributed by atoms with Crippen LogP contribution in [0.4, 0.5) is 0 Å². The van der Waals surface area contributed by atoms with Gasteiger partial charge in [0.2, 0.25) is 11.8 Å². The number of ether oxygens (including phenoxy) is 2. The van der Waals surface area contributed by atoms with Gasteiger partial charge in [-0.3, -0.25) is 9.59 Å². The third-order valence-corrected chi connectivity index (χ3v) is 4.96. The summed E-state index contributed by atoms with van der Waals surface area (Å²) in [7, 11) is 1.63. The Morgan fingerprint density at radius 3 is 2.62 bits per heavy atom. The Balaban J connectivity index is 1.58. The van der Waals surface area contributed by atoms with Gasteiger partial charge in [0.15, 0.2) is 0 Å². The zero-order valence-electron chi connectivity index (χ0n) is 15.3. The zero-order chi connectivity index (χ0) is 18.4. The van der Waals surface area contributed by atoms with E-state index in [0.717, 1.165) is 17.9 Å². The lowest BCUT2D eigenvalue weighted by Crippen LogP contribution is -2.61. The molecule has 0 aromatic heterocycles. The minimum Gasteiger partial charge on any atom is -0.497 e. The molecule has 2 saturated heterocycles. The maximum atomic E-state index is 12.8. The van der Waals surface area contributed by atoms with Crippen molar-refractivity contribution in [3.05, 3.63) is 29.8 Å². The summed E-state index contributed by atoms with van der Waals surface area (Å²) in [6.07, 6.45) is 1.06. The molecule has 2 heterocycles. The summed E-state index contributed by atoms with van der Waals surface area (Å²) in [5, 5.41) is 3.24. The van der Waals surface area contributed by atoms with Crippen molar-refractivity contribution in [3.63, 3.8) is 0 Å². The van der Waals surface area contributed by atoms with E-state index in [1.807, 2.05) is 29.2 Å². The predicted octanol–water partition coefficient (Wildman–Crippen LogP) is 0.287. The molecule has 3 rings (SSSR count). The van der Waals surface area contributed by atoms with Crippen LogP contribution >= 0.6 is 0 Å². The number of benzene rings is 1.